The topological polar surface area (TPSA) is 29.1 Å². The highest BCUT2D eigenvalue weighted by molar-refractivity contribution is 6.18. The smallest absolute Gasteiger partial charge is 0.251 e. The Balaban J connectivity index is 2.17. The molecule has 0 spiro atoms. The van der Waals surface area contributed by atoms with Crippen LogP contribution >= 0.6 is 11.6 Å². The van der Waals surface area contributed by atoms with Crippen molar-refractivity contribution in [3.8, 4) is 0 Å². The molecule has 20 heavy (non-hydrogen) atoms. The summed E-state index contributed by atoms with van der Waals surface area (Å²) in [5, 5.41) is 2.82. The summed E-state index contributed by atoms with van der Waals surface area (Å²) in [6.45, 7) is 1.75. The molecule has 1 atom stereocenters. The molecule has 0 aliphatic heterocycles. The van der Waals surface area contributed by atoms with Crippen LogP contribution in [0.2, 0.25) is 0 Å². The molecule has 0 aromatic heterocycles. The van der Waals surface area contributed by atoms with Crippen molar-refractivity contribution in [2.75, 3.05) is 5.88 Å². The quantitative estimate of drug-likeness (QED) is 0.852. The van der Waals surface area contributed by atoms with Gasteiger partial charge in [-0.15, -0.1) is 11.6 Å². The van der Waals surface area contributed by atoms with Crippen LogP contribution in [-0.4, -0.2) is 11.8 Å². The number of nitrogens with one attached hydrogen (secondary N) is 1. The van der Waals surface area contributed by atoms with Crippen LogP contribution in [0.1, 0.15) is 27.5 Å². The van der Waals surface area contributed by atoms with E-state index in [0.29, 0.717) is 11.1 Å². The van der Waals surface area contributed by atoms with Crippen molar-refractivity contribution in [2.24, 2.45) is 0 Å². The number of carbonyl (C=O) groups is 1. The lowest BCUT2D eigenvalue weighted by Crippen LogP contribution is -2.29. The third-order valence-electron chi connectivity index (χ3n) is 2.97. The Bertz CT molecular complexity index is 580. The molecule has 0 aliphatic carbocycles. The first kappa shape index (κ1) is 14.5. The highest BCUT2D eigenvalue weighted by Gasteiger charge is 2.15. The van der Waals surface area contributed by atoms with Crippen molar-refractivity contribution in [3.05, 3.63) is 71.0 Å². The summed E-state index contributed by atoms with van der Waals surface area (Å²) < 4.78 is 13.3. The summed E-state index contributed by atoms with van der Waals surface area (Å²) in [5.41, 5.74) is 1.93. The Kier molecular flexibility index (Phi) is 4.74. The molecule has 1 amide bonds. The minimum absolute atomic E-state index is 0.254. The van der Waals surface area contributed by atoms with Gasteiger partial charge in [-0.2, -0.15) is 0 Å². The molecule has 4 heteroatoms. The first-order valence-corrected chi connectivity index (χ1v) is 6.82. The van der Waals surface area contributed by atoms with Crippen molar-refractivity contribution in [2.45, 2.75) is 13.0 Å². The maximum absolute atomic E-state index is 13.3. The highest BCUT2D eigenvalue weighted by Crippen LogP contribution is 2.16. The molecular weight excluding hydrogens is 277 g/mol. The van der Waals surface area contributed by atoms with Crippen LogP contribution in [0.5, 0.6) is 0 Å². The van der Waals surface area contributed by atoms with E-state index < -0.39 is 5.82 Å². The largest absolute Gasteiger partial charge is 0.344 e. The van der Waals surface area contributed by atoms with Gasteiger partial charge in [0.25, 0.3) is 5.91 Å². The van der Waals surface area contributed by atoms with E-state index in [1.165, 1.54) is 12.1 Å². The number of carbonyl (C=O) groups excluding carboxylic acids is 1. The predicted molar refractivity (Wildman–Crippen MR) is 78.5 cm³/mol. The van der Waals surface area contributed by atoms with Gasteiger partial charge in [0, 0.05) is 11.4 Å². The lowest BCUT2D eigenvalue weighted by atomic mass is 10.1. The minimum atomic E-state index is -0.419. The second kappa shape index (κ2) is 6.53. The summed E-state index contributed by atoms with van der Waals surface area (Å²) in [6, 6.07) is 13.4. The van der Waals surface area contributed by atoms with Crippen LogP contribution in [-0.2, 0) is 0 Å². The van der Waals surface area contributed by atoms with Crippen LogP contribution < -0.4 is 5.32 Å². The third-order valence-corrected chi connectivity index (χ3v) is 3.27. The first-order valence-electron chi connectivity index (χ1n) is 6.29. The zero-order chi connectivity index (χ0) is 14.5. The van der Waals surface area contributed by atoms with Crippen LogP contribution in [0.15, 0.2) is 48.5 Å². The van der Waals surface area contributed by atoms with E-state index in [1.807, 2.05) is 30.3 Å². The molecule has 2 aromatic carbocycles. The van der Waals surface area contributed by atoms with Gasteiger partial charge in [-0.3, -0.25) is 4.79 Å². The second-order valence-electron chi connectivity index (χ2n) is 4.61. The van der Waals surface area contributed by atoms with E-state index in [9.17, 15) is 9.18 Å². The number of hydrogen-bond acceptors (Lipinski definition) is 1. The lowest BCUT2D eigenvalue weighted by molar-refractivity contribution is 0.0940. The third kappa shape index (κ3) is 3.58. The average Bonchev–Trinajstić information content (AvgIpc) is 2.44. The number of rotatable bonds is 4. The second-order valence-corrected chi connectivity index (χ2v) is 4.92. The van der Waals surface area contributed by atoms with Gasteiger partial charge in [-0.05, 0) is 36.2 Å². The van der Waals surface area contributed by atoms with E-state index in [-0.39, 0.29) is 17.8 Å². The van der Waals surface area contributed by atoms with Crippen LogP contribution in [0.25, 0.3) is 0 Å². The van der Waals surface area contributed by atoms with Crippen molar-refractivity contribution in [3.63, 3.8) is 0 Å². The standard InChI is InChI=1S/C16H15ClFNO/c1-11-7-13(9-14(18)8-11)16(20)19-15(10-17)12-5-3-2-4-6-12/h2-9,15H,10H2,1H3,(H,19,20). The fourth-order valence-electron chi connectivity index (χ4n) is 2.01. The van der Waals surface area contributed by atoms with E-state index in [2.05, 4.69) is 5.32 Å². The molecule has 0 bridgehead atoms. The summed E-state index contributed by atoms with van der Waals surface area (Å²) in [4.78, 5) is 12.2. The highest BCUT2D eigenvalue weighted by atomic mass is 35.5. The number of amides is 1. The summed E-state index contributed by atoms with van der Waals surface area (Å²) in [6.07, 6.45) is 0. The molecule has 1 unspecified atom stereocenters. The van der Waals surface area contributed by atoms with Crippen LogP contribution in [0.3, 0.4) is 0 Å². The van der Waals surface area contributed by atoms with Gasteiger partial charge >= 0.3 is 0 Å². The fourth-order valence-corrected chi connectivity index (χ4v) is 2.26. The van der Waals surface area contributed by atoms with Gasteiger partial charge in [0.15, 0.2) is 0 Å². The molecule has 0 fully saturated rings. The molecule has 2 aromatic rings. The molecule has 0 saturated carbocycles. The van der Waals surface area contributed by atoms with Gasteiger partial charge in [-0.1, -0.05) is 30.3 Å². The van der Waals surface area contributed by atoms with E-state index in [0.717, 1.165) is 5.56 Å². The minimum Gasteiger partial charge on any atom is -0.344 e. The van der Waals surface area contributed by atoms with Gasteiger partial charge in [0.1, 0.15) is 5.82 Å². The molecule has 0 radical (unpaired) electrons. The predicted octanol–water partition coefficient (Wildman–Crippen LogP) is 3.84. The fraction of sp³-hybridized carbons (Fsp3) is 0.188. The van der Waals surface area contributed by atoms with Crippen LogP contribution in [0.4, 0.5) is 4.39 Å². The van der Waals surface area contributed by atoms with Crippen molar-refractivity contribution < 1.29 is 9.18 Å². The molecule has 0 saturated heterocycles. The monoisotopic (exact) mass is 291 g/mol. The Morgan fingerprint density at radius 3 is 2.55 bits per heavy atom. The Labute approximate surface area is 122 Å². The van der Waals surface area contributed by atoms with Crippen molar-refractivity contribution in [1.29, 1.82) is 0 Å². The molecule has 0 heterocycles. The maximum atomic E-state index is 13.3. The van der Waals surface area contributed by atoms with Crippen LogP contribution in [0, 0.1) is 12.7 Å². The maximum Gasteiger partial charge on any atom is 0.251 e. The van der Waals surface area contributed by atoms with Gasteiger partial charge in [0.05, 0.1) is 6.04 Å². The summed E-state index contributed by atoms with van der Waals surface area (Å²) >= 11 is 5.91. The molecule has 0 aliphatic rings. The van der Waals surface area contributed by atoms with Gasteiger partial charge in [-0.25, -0.2) is 4.39 Å². The normalized spacial score (nSPS) is 11.9. The Morgan fingerprint density at radius 2 is 1.95 bits per heavy atom. The zero-order valence-electron chi connectivity index (χ0n) is 11.1. The molecule has 2 rings (SSSR count). The Hall–Kier alpha value is -1.87. The zero-order valence-corrected chi connectivity index (χ0v) is 11.8. The molecule has 1 N–H and O–H groups in total. The van der Waals surface area contributed by atoms with E-state index in [4.69, 9.17) is 11.6 Å². The average molecular weight is 292 g/mol. The first-order chi connectivity index (χ1) is 9.60. The number of halogens is 2. The number of hydrogen-bond donors (Lipinski definition) is 1. The Morgan fingerprint density at radius 1 is 1.25 bits per heavy atom. The lowest BCUT2D eigenvalue weighted by Gasteiger charge is -2.16. The van der Waals surface area contributed by atoms with E-state index >= 15 is 0 Å². The van der Waals surface area contributed by atoms with E-state index in [1.54, 1.807) is 13.0 Å². The summed E-state index contributed by atoms with van der Waals surface area (Å²) in [7, 11) is 0. The number of aryl methyl sites for hydroxylation is 1. The van der Waals surface area contributed by atoms with Gasteiger partial charge in [0.2, 0.25) is 0 Å². The number of benzene rings is 2. The van der Waals surface area contributed by atoms with Crippen molar-refractivity contribution >= 4 is 17.5 Å². The SMILES string of the molecule is Cc1cc(F)cc(C(=O)NC(CCl)c2ccccc2)c1. The summed E-state index contributed by atoms with van der Waals surface area (Å²) in [5.74, 6) is -0.497. The molecule has 2 nitrogen and oxygen atoms in total. The number of alkyl halides is 1. The molecular formula is C16H15ClFNO. The van der Waals surface area contributed by atoms with Crippen molar-refractivity contribution in [1.82, 2.24) is 5.32 Å². The van der Waals surface area contributed by atoms with Gasteiger partial charge < -0.3 is 5.32 Å². The molecule has 104 valence electrons.